The summed E-state index contributed by atoms with van der Waals surface area (Å²) in [5.41, 5.74) is -0.398. The van der Waals surface area contributed by atoms with Gasteiger partial charge in [0, 0.05) is 25.7 Å². The zero-order valence-corrected chi connectivity index (χ0v) is 15.4. The zero-order valence-electron chi connectivity index (χ0n) is 15.4. The number of hydrogen-bond donors (Lipinski definition) is 0. The molecule has 2 heterocycles. The lowest BCUT2D eigenvalue weighted by Crippen LogP contribution is -2.37. The SMILES string of the molecule is Cc1c(C(=O)OCCn2cnc3c2c(=O)n(C)c(=O)n3C)cccc1[N+](=O)[O-]. The lowest BCUT2D eigenvalue weighted by atomic mass is 10.1. The van der Waals surface area contributed by atoms with Crippen LogP contribution >= 0.6 is 0 Å². The normalized spacial score (nSPS) is 11.0. The van der Waals surface area contributed by atoms with Crippen LogP contribution in [0.5, 0.6) is 0 Å². The highest BCUT2D eigenvalue weighted by Crippen LogP contribution is 2.21. The number of ether oxygens (including phenoxy) is 1. The van der Waals surface area contributed by atoms with Gasteiger partial charge < -0.3 is 9.30 Å². The molecule has 146 valence electrons. The van der Waals surface area contributed by atoms with Crippen LogP contribution in [0.15, 0.2) is 34.1 Å². The molecule has 0 amide bonds. The van der Waals surface area contributed by atoms with E-state index in [1.54, 1.807) is 0 Å². The van der Waals surface area contributed by atoms with Crippen molar-refractivity contribution >= 4 is 22.8 Å². The van der Waals surface area contributed by atoms with Gasteiger partial charge in [-0.2, -0.15) is 0 Å². The van der Waals surface area contributed by atoms with Gasteiger partial charge in [-0.15, -0.1) is 0 Å². The van der Waals surface area contributed by atoms with Crippen LogP contribution in [0, 0.1) is 17.0 Å². The van der Waals surface area contributed by atoms with E-state index >= 15 is 0 Å². The van der Waals surface area contributed by atoms with Crippen LogP contribution in [-0.4, -0.2) is 36.2 Å². The number of nitrogens with zero attached hydrogens (tertiary/aromatic N) is 5. The molecule has 0 saturated carbocycles. The summed E-state index contributed by atoms with van der Waals surface area (Å²) in [5.74, 6) is -0.703. The Bertz CT molecular complexity index is 1220. The Balaban J connectivity index is 1.81. The minimum Gasteiger partial charge on any atom is -0.460 e. The van der Waals surface area contributed by atoms with Crippen molar-refractivity contribution in [1.82, 2.24) is 18.7 Å². The molecule has 11 nitrogen and oxygen atoms in total. The highest BCUT2D eigenvalue weighted by Gasteiger charge is 2.19. The summed E-state index contributed by atoms with van der Waals surface area (Å²) < 4.78 is 8.92. The molecule has 0 aliphatic heterocycles. The number of rotatable bonds is 5. The van der Waals surface area contributed by atoms with Gasteiger partial charge >= 0.3 is 11.7 Å². The van der Waals surface area contributed by atoms with Gasteiger partial charge in [-0.3, -0.25) is 24.0 Å². The smallest absolute Gasteiger partial charge is 0.338 e. The lowest BCUT2D eigenvalue weighted by Gasteiger charge is -2.09. The first-order valence-corrected chi connectivity index (χ1v) is 8.26. The van der Waals surface area contributed by atoms with E-state index < -0.39 is 22.1 Å². The molecule has 0 atom stereocenters. The summed E-state index contributed by atoms with van der Waals surface area (Å²) in [6, 6.07) is 4.17. The Labute approximate surface area is 157 Å². The maximum absolute atomic E-state index is 12.4. The van der Waals surface area contributed by atoms with Crippen LogP contribution in [0.4, 0.5) is 5.69 Å². The Kier molecular flexibility index (Phi) is 4.82. The molecule has 0 aliphatic carbocycles. The molecular weight excluding hydrogens is 370 g/mol. The fraction of sp³-hybridized carbons (Fsp3) is 0.294. The van der Waals surface area contributed by atoms with Gasteiger partial charge in [0.15, 0.2) is 11.2 Å². The van der Waals surface area contributed by atoms with Crippen molar-refractivity contribution in [3.8, 4) is 0 Å². The third-order valence-electron chi connectivity index (χ3n) is 4.50. The number of imidazole rings is 1. The second kappa shape index (κ2) is 7.10. The standard InChI is InChI=1S/C17H17N5O6/c1-10-11(5-4-6-12(10)22(26)27)16(24)28-8-7-21-9-18-14-13(21)15(23)20(3)17(25)19(14)2/h4-6,9H,7-8H2,1-3H3. The third kappa shape index (κ3) is 3.06. The van der Waals surface area contributed by atoms with Crippen molar-refractivity contribution in [1.29, 1.82) is 0 Å². The van der Waals surface area contributed by atoms with E-state index in [1.807, 2.05) is 0 Å². The molecule has 1 aromatic carbocycles. The summed E-state index contributed by atoms with van der Waals surface area (Å²) >= 11 is 0. The van der Waals surface area contributed by atoms with Crippen molar-refractivity contribution in [2.24, 2.45) is 14.1 Å². The van der Waals surface area contributed by atoms with Gasteiger partial charge in [0.1, 0.15) is 6.61 Å². The molecule has 2 aromatic heterocycles. The van der Waals surface area contributed by atoms with Gasteiger partial charge in [0.25, 0.3) is 11.2 Å². The van der Waals surface area contributed by atoms with Gasteiger partial charge in [-0.05, 0) is 13.0 Å². The van der Waals surface area contributed by atoms with Crippen LogP contribution < -0.4 is 11.2 Å². The van der Waals surface area contributed by atoms with Crippen molar-refractivity contribution < 1.29 is 14.5 Å². The van der Waals surface area contributed by atoms with Crippen molar-refractivity contribution in [2.75, 3.05) is 6.61 Å². The molecule has 28 heavy (non-hydrogen) atoms. The molecule has 0 spiro atoms. The Morgan fingerprint density at radius 1 is 1.25 bits per heavy atom. The molecular formula is C17H17N5O6. The largest absolute Gasteiger partial charge is 0.460 e. The number of benzene rings is 1. The minimum absolute atomic E-state index is 0.0849. The number of nitro benzene ring substituents is 1. The molecule has 0 bridgehead atoms. The summed E-state index contributed by atoms with van der Waals surface area (Å²) in [6.45, 7) is 1.52. The Morgan fingerprint density at radius 2 is 1.96 bits per heavy atom. The van der Waals surface area contributed by atoms with Gasteiger partial charge in [-0.1, -0.05) is 6.07 Å². The minimum atomic E-state index is -0.703. The molecule has 0 aliphatic rings. The first-order chi connectivity index (χ1) is 13.2. The molecule has 11 heteroatoms. The number of aromatic nitrogens is 4. The number of fused-ring (bicyclic) bond motifs is 1. The highest BCUT2D eigenvalue weighted by atomic mass is 16.6. The summed E-state index contributed by atoms with van der Waals surface area (Å²) in [5, 5.41) is 11.0. The first-order valence-electron chi connectivity index (χ1n) is 8.26. The van der Waals surface area contributed by atoms with Crippen LogP contribution in [0.3, 0.4) is 0 Å². The van der Waals surface area contributed by atoms with Gasteiger partial charge in [0.05, 0.1) is 23.4 Å². The maximum Gasteiger partial charge on any atom is 0.338 e. The van der Waals surface area contributed by atoms with E-state index in [-0.39, 0.29) is 41.1 Å². The molecule has 0 N–H and O–H groups in total. The molecule has 0 fully saturated rings. The fourth-order valence-corrected chi connectivity index (χ4v) is 2.92. The molecule has 0 unspecified atom stereocenters. The van der Waals surface area contributed by atoms with E-state index in [2.05, 4.69) is 4.98 Å². The molecule has 3 rings (SSSR count). The Hall–Kier alpha value is -3.76. The topological polar surface area (TPSA) is 131 Å². The first kappa shape index (κ1) is 19.0. The second-order valence-electron chi connectivity index (χ2n) is 6.16. The highest BCUT2D eigenvalue weighted by molar-refractivity contribution is 5.92. The van der Waals surface area contributed by atoms with Crippen molar-refractivity contribution in [3.05, 3.63) is 66.6 Å². The number of aryl methyl sites for hydroxylation is 1. The van der Waals surface area contributed by atoms with E-state index in [9.17, 15) is 24.5 Å². The Morgan fingerprint density at radius 3 is 2.64 bits per heavy atom. The average Bonchev–Trinajstić information content (AvgIpc) is 3.08. The third-order valence-corrected chi connectivity index (χ3v) is 4.50. The fourth-order valence-electron chi connectivity index (χ4n) is 2.92. The summed E-state index contributed by atoms with van der Waals surface area (Å²) in [4.78, 5) is 51.1. The lowest BCUT2D eigenvalue weighted by molar-refractivity contribution is -0.385. The predicted octanol–water partition coefficient (Wildman–Crippen LogP) is 0.507. The number of nitro groups is 1. The van der Waals surface area contributed by atoms with E-state index in [0.29, 0.717) is 0 Å². The summed E-state index contributed by atoms with van der Waals surface area (Å²) in [7, 11) is 2.87. The molecule has 3 aromatic rings. The van der Waals surface area contributed by atoms with Crippen LogP contribution in [0.25, 0.3) is 11.2 Å². The summed E-state index contributed by atoms with van der Waals surface area (Å²) in [6.07, 6.45) is 1.39. The maximum atomic E-state index is 12.4. The van der Waals surface area contributed by atoms with E-state index in [0.717, 1.165) is 4.57 Å². The van der Waals surface area contributed by atoms with Crippen molar-refractivity contribution in [3.63, 3.8) is 0 Å². The molecule has 0 radical (unpaired) electrons. The zero-order chi connectivity index (χ0) is 20.6. The molecule has 0 saturated heterocycles. The number of esters is 1. The number of hydrogen-bond acceptors (Lipinski definition) is 7. The number of carbonyl (C=O) groups is 1. The van der Waals surface area contributed by atoms with E-state index in [1.165, 1.54) is 54.7 Å². The van der Waals surface area contributed by atoms with Gasteiger partial charge in [0.2, 0.25) is 0 Å². The van der Waals surface area contributed by atoms with Gasteiger partial charge in [-0.25, -0.2) is 14.6 Å². The predicted molar refractivity (Wildman–Crippen MR) is 98.3 cm³/mol. The van der Waals surface area contributed by atoms with Crippen molar-refractivity contribution in [2.45, 2.75) is 13.5 Å². The monoisotopic (exact) mass is 387 g/mol. The second-order valence-corrected chi connectivity index (χ2v) is 6.16. The van der Waals surface area contributed by atoms with E-state index in [4.69, 9.17) is 4.74 Å². The number of carbonyl (C=O) groups excluding carboxylic acids is 1. The van der Waals surface area contributed by atoms with Crippen LogP contribution in [-0.2, 0) is 25.4 Å². The average molecular weight is 387 g/mol. The van der Waals surface area contributed by atoms with Crippen LogP contribution in [0.2, 0.25) is 0 Å². The van der Waals surface area contributed by atoms with Crippen LogP contribution in [0.1, 0.15) is 15.9 Å². The quantitative estimate of drug-likeness (QED) is 0.354.